The molecule has 0 bridgehead atoms. The molecule has 0 atom stereocenters. The summed E-state index contributed by atoms with van der Waals surface area (Å²) in [5.41, 5.74) is 3.31. The SMILES string of the molecule is CCCCCNS(=O)(=O)c1ccc(C(=O)Nc2c(C)cccc2CC)cc1. The van der Waals surface area contributed by atoms with E-state index in [4.69, 9.17) is 0 Å². The molecule has 2 N–H and O–H groups in total. The van der Waals surface area contributed by atoms with Gasteiger partial charge in [-0.25, -0.2) is 13.1 Å². The van der Waals surface area contributed by atoms with Crippen LogP contribution in [-0.2, 0) is 16.4 Å². The molecule has 0 radical (unpaired) electrons. The Balaban J connectivity index is 2.10. The quantitative estimate of drug-likeness (QED) is 0.630. The van der Waals surface area contributed by atoms with Crippen LogP contribution < -0.4 is 10.0 Å². The zero-order chi connectivity index (χ0) is 19.9. The van der Waals surface area contributed by atoms with Gasteiger partial charge in [-0.15, -0.1) is 0 Å². The molecule has 0 fully saturated rings. The molecule has 0 spiro atoms. The van der Waals surface area contributed by atoms with Crippen molar-refractivity contribution in [2.24, 2.45) is 0 Å². The highest BCUT2D eigenvalue weighted by molar-refractivity contribution is 7.89. The third-order valence-electron chi connectivity index (χ3n) is 4.48. The van der Waals surface area contributed by atoms with Crippen molar-refractivity contribution in [3.63, 3.8) is 0 Å². The predicted octanol–water partition coefficient (Wildman–Crippen LogP) is 4.28. The van der Waals surface area contributed by atoms with Crippen molar-refractivity contribution in [2.45, 2.75) is 51.3 Å². The molecule has 2 rings (SSSR count). The van der Waals surface area contributed by atoms with Crippen molar-refractivity contribution in [2.75, 3.05) is 11.9 Å². The Kier molecular flexibility index (Phi) is 7.56. The molecule has 5 nitrogen and oxygen atoms in total. The van der Waals surface area contributed by atoms with Crippen molar-refractivity contribution in [3.05, 3.63) is 59.2 Å². The summed E-state index contributed by atoms with van der Waals surface area (Å²) >= 11 is 0. The number of unbranched alkanes of at least 4 members (excludes halogenated alkanes) is 2. The fourth-order valence-corrected chi connectivity index (χ4v) is 3.91. The number of hydrogen-bond acceptors (Lipinski definition) is 3. The van der Waals surface area contributed by atoms with Crippen LogP contribution in [0.4, 0.5) is 5.69 Å². The standard InChI is InChI=1S/C21H28N2O3S/c1-4-6-7-15-22-27(25,26)19-13-11-18(12-14-19)21(24)23-20-16(3)9-8-10-17(20)5-2/h8-14,22H,4-7,15H2,1-3H3,(H,23,24). The van der Waals surface area contributed by atoms with Gasteiger partial charge in [0, 0.05) is 17.8 Å². The number of benzene rings is 2. The van der Waals surface area contributed by atoms with Crippen LogP contribution in [0.15, 0.2) is 47.4 Å². The number of carbonyl (C=O) groups excluding carboxylic acids is 1. The van der Waals surface area contributed by atoms with Gasteiger partial charge in [0.1, 0.15) is 0 Å². The molecule has 1 amide bonds. The smallest absolute Gasteiger partial charge is 0.255 e. The zero-order valence-corrected chi connectivity index (χ0v) is 17.0. The molecule has 0 aliphatic rings. The van der Waals surface area contributed by atoms with Gasteiger partial charge in [-0.1, -0.05) is 44.9 Å². The van der Waals surface area contributed by atoms with E-state index < -0.39 is 10.0 Å². The second-order valence-electron chi connectivity index (χ2n) is 6.55. The lowest BCUT2D eigenvalue weighted by atomic mass is 10.1. The van der Waals surface area contributed by atoms with E-state index in [0.29, 0.717) is 12.1 Å². The first-order chi connectivity index (χ1) is 12.9. The van der Waals surface area contributed by atoms with Gasteiger partial charge in [0.2, 0.25) is 10.0 Å². The second-order valence-corrected chi connectivity index (χ2v) is 8.31. The first-order valence-corrected chi connectivity index (χ1v) is 10.9. The number of para-hydroxylation sites is 1. The summed E-state index contributed by atoms with van der Waals surface area (Å²) in [4.78, 5) is 12.7. The number of carbonyl (C=O) groups is 1. The normalized spacial score (nSPS) is 11.4. The van der Waals surface area contributed by atoms with Gasteiger partial charge < -0.3 is 5.32 Å². The Morgan fingerprint density at radius 2 is 1.70 bits per heavy atom. The molecule has 2 aromatic rings. The number of sulfonamides is 1. The van der Waals surface area contributed by atoms with E-state index in [9.17, 15) is 13.2 Å². The van der Waals surface area contributed by atoms with Crippen LogP contribution in [0.1, 0.15) is 54.6 Å². The fraction of sp³-hybridized carbons (Fsp3) is 0.381. The zero-order valence-electron chi connectivity index (χ0n) is 16.2. The molecule has 0 aliphatic carbocycles. The summed E-state index contributed by atoms with van der Waals surface area (Å²) in [6, 6.07) is 11.9. The van der Waals surface area contributed by atoms with Gasteiger partial charge in [0.15, 0.2) is 0 Å². The number of hydrogen-bond donors (Lipinski definition) is 2. The predicted molar refractivity (Wildman–Crippen MR) is 110 cm³/mol. The first kappa shape index (κ1) is 21.1. The molecule has 0 aromatic heterocycles. The Hall–Kier alpha value is -2.18. The second kappa shape index (κ2) is 9.67. The van der Waals surface area contributed by atoms with E-state index in [1.165, 1.54) is 12.1 Å². The summed E-state index contributed by atoms with van der Waals surface area (Å²) in [6.45, 7) is 6.48. The van der Waals surface area contributed by atoms with Crippen LogP contribution in [0.2, 0.25) is 0 Å². The first-order valence-electron chi connectivity index (χ1n) is 9.38. The molecule has 0 saturated carbocycles. The van der Waals surface area contributed by atoms with E-state index in [-0.39, 0.29) is 10.8 Å². The van der Waals surface area contributed by atoms with E-state index >= 15 is 0 Å². The van der Waals surface area contributed by atoms with Crippen LogP contribution >= 0.6 is 0 Å². The highest BCUT2D eigenvalue weighted by atomic mass is 32.2. The van der Waals surface area contributed by atoms with Crippen molar-refractivity contribution in [1.29, 1.82) is 0 Å². The molecular weight excluding hydrogens is 360 g/mol. The summed E-state index contributed by atoms with van der Waals surface area (Å²) in [5.74, 6) is -0.251. The highest BCUT2D eigenvalue weighted by Crippen LogP contribution is 2.22. The van der Waals surface area contributed by atoms with Crippen molar-refractivity contribution in [1.82, 2.24) is 4.72 Å². The number of rotatable bonds is 9. The maximum Gasteiger partial charge on any atom is 0.255 e. The molecule has 0 saturated heterocycles. The minimum atomic E-state index is -3.54. The lowest BCUT2D eigenvalue weighted by Crippen LogP contribution is -2.25. The average molecular weight is 389 g/mol. The van der Waals surface area contributed by atoms with E-state index in [2.05, 4.69) is 17.0 Å². The summed E-state index contributed by atoms with van der Waals surface area (Å²) < 4.78 is 27.2. The molecule has 0 unspecified atom stereocenters. The van der Waals surface area contributed by atoms with E-state index in [0.717, 1.165) is 42.5 Å². The molecule has 146 valence electrons. The van der Waals surface area contributed by atoms with E-state index in [1.54, 1.807) is 12.1 Å². The van der Waals surface area contributed by atoms with Crippen LogP contribution in [0.5, 0.6) is 0 Å². The average Bonchev–Trinajstić information content (AvgIpc) is 2.67. The molecule has 0 aliphatic heterocycles. The highest BCUT2D eigenvalue weighted by Gasteiger charge is 2.15. The maximum absolute atomic E-state index is 12.6. The summed E-state index contributed by atoms with van der Waals surface area (Å²) in [5, 5.41) is 2.95. The van der Waals surface area contributed by atoms with Gasteiger partial charge in [-0.05, 0) is 55.2 Å². The minimum absolute atomic E-state index is 0.167. The largest absolute Gasteiger partial charge is 0.321 e. The topological polar surface area (TPSA) is 75.3 Å². The van der Waals surface area contributed by atoms with Crippen molar-refractivity contribution < 1.29 is 13.2 Å². The number of anilines is 1. The third-order valence-corrected chi connectivity index (χ3v) is 5.95. The van der Waals surface area contributed by atoms with Gasteiger partial charge in [-0.2, -0.15) is 0 Å². The number of nitrogens with one attached hydrogen (secondary N) is 2. The van der Waals surface area contributed by atoms with Crippen LogP contribution in [0.25, 0.3) is 0 Å². The summed E-state index contributed by atoms with van der Waals surface area (Å²) in [6.07, 6.45) is 3.65. The Bertz CT molecular complexity index is 875. The molecule has 2 aromatic carbocycles. The number of amides is 1. The van der Waals surface area contributed by atoms with Gasteiger partial charge in [-0.3, -0.25) is 4.79 Å². The monoisotopic (exact) mass is 388 g/mol. The van der Waals surface area contributed by atoms with Crippen LogP contribution in [0, 0.1) is 6.92 Å². The summed E-state index contributed by atoms with van der Waals surface area (Å²) in [7, 11) is -3.54. The fourth-order valence-electron chi connectivity index (χ4n) is 2.84. The minimum Gasteiger partial charge on any atom is -0.321 e. The Labute approximate surface area is 162 Å². The lowest BCUT2D eigenvalue weighted by Gasteiger charge is -2.13. The Morgan fingerprint density at radius 3 is 2.33 bits per heavy atom. The van der Waals surface area contributed by atoms with Gasteiger partial charge in [0.25, 0.3) is 5.91 Å². The van der Waals surface area contributed by atoms with E-state index in [1.807, 2.05) is 32.0 Å². The van der Waals surface area contributed by atoms with Crippen LogP contribution in [-0.4, -0.2) is 20.9 Å². The maximum atomic E-state index is 12.6. The molecule has 0 heterocycles. The molecule has 27 heavy (non-hydrogen) atoms. The Morgan fingerprint density at radius 1 is 1.00 bits per heavy atom. The van der Waals surface area contributed by atoms with Crippen molar-refractivity contribution in [3.8, 4) is 0 Å². The molecular formula is C21H28N2O3S. The van der Waals surface area contributed by atoms with Gasteiger partial charge in [0.05, 0.1) is 4.90 Å². The third kappa shape index (κ3) is 5.65. The number of aryl methyl sites for hydroxylation is 2. The van der Waals surface area contributed by atoms with Crippen LogP contribution in [0.3, 0.4) is 0 Å². The van der Waals surface area contributed by atoms with Crippen molar-refractivity contribution >= 4 is 21.6 Å². The lowest BCUT2D eigenvalue weighted by molar-refractivity contribution is 0.102. The molecule has 6 heteroatoms. The van der Waals surface area contributed by atoms with Gasteiger partial charge >= 0.3 is 0 Å².